The fourth-order valence-electron chi connectivity index (χ4n) is 1.64. The Bertz CT molecular complexity index is 330. The summed E-state index contributed by atoms with van der Waals surface area (Å²) in [6.07, 6.45) is 10.7. The van der Waals surface area contributed by atoms with Crippen LogP contribution in [0.1, 0.15) is 46.0 Å². The quantitative estimate of drug-likeness (QED) is 0.283. The number of carbonyl (C=O) groups is 1. The van der Waals surface area contributed by atoms with E-state index in [1.165, 1.54) is 12.8 Å². The third-order valence-corrected chi connectivity index (χ3v) is 2.83. The first kappa shape index (κ1) is 17.5. The molecule has 0 fully saturated rings. The molecule has 1 N–H and O–H groups in total. The smallest absolute Gasteiger partial charge is 0.244 e. The van der Waals surface area contributed by atoms with Crippen molar-refractivity contribution in [2.75, 3.05) is 13.7 Å². The van der Waals surface area contributed by atoms with Crippen molar-refractivity contribution in [1.29, 1.82) is 0 Å². The number of carbonyl (C=O) groups excluding carboxylic acids is 1. The van der Waals surface area contributed by atoms with Gasteiger partial charge in [0, 0.05) is 12.6 Å². The highest BCUT2D eigenvalue weighted by Gasteiger charge is 2.00. The summed E-state index contributed by atoms with van der Waals surface area (Å²) in [5.74, 6) is 0.757. The zero-order chi connectivity index (χ0) is 14.5. The lowest BCUT2D eigenvalue weighted by molar-refractivity contribution is -0.116. The van der Waals surface area contributed by atoms with Gasteiger partial charge in [-0.25, -0.2) is 0 Å². The second kappa shape index (κ2) is 11.6. The van der Waals surface area contributed by atoms with Crippen LogP contribution in [0.3, 0.4) is 0 Å². The molecule has 3 heteroatoms. The molecule has 0 aliphatic heterocycles. The first-order chi connectivity index (χ1) is 9.13. The van der Waals surface area contributed by atoms with E-state index >= 15 is 0 Å². The van der Waals surface area contributed by atoms with E-state index in [9.17, 15) is 4.79 Å². The second-order valence-electron chi connectivity index (χ2n) is 4.52. The fraction of sp³-hybridized carbons (Fsp3) is 0.562. The van der Waals surface area contributed by atoms with E-state index in [2.05, 4.69) is 18.8 Å². The standard InChI is InChI=1S/C16H27NO2/c1-5-7-8-10-15(9-6-2)13-16(18)17-12-11-14(3)19-4/h6,11,13H,2,5,7-10,12H2,1,3-4H3,(H,17,18)/b14-11+,15-13+. The maximum atomic E-state index is 11.7. The largest absolute Gasteiger partial charge is 0.502 e. The van der Waals surface area contributed by atoms with Crippen molar-refractivity contribution in [1.82, 2.24) is 5.32 Å². The SMILES string of the molecule is C=CC/C(=C\C(=O)NC/C=C(\C)OC)CCCCC. The maximum Gasteiger partial charge on any atom is 0.244 e. The molecule has 108 valence electrons. The Hall–Kier alpha value is -1.51. The van der Waals surface area contributed by atoms with Crippen LogP contribution in [0.25, 0.3) is 0 Å². The molecule has 19 heavy (non-hydrogen) atoms. The van der Waals surface area contributed by atoms with E-state index in [1.54, 1.807) is 13.2 Å². The Morgan fingerprint density at radius 3 is 2.68 bits per heavy atom. The van der Waals surface area contributed by atoms with Gasteiger partial charge in [0.2, 0.25) is 5.91 Å². The van der Waals surface area contributed by atoms with Crippen LogP contribution < -0.4 is 5.32 Å². The minimum absolute atomic E-state index is 0.0477. The minimum Gasteiger partial charge on any atom is -0.502 e. The molecule has 1 amide bonds. The Morgan fingerprint density at radius 1 is 1.37 bits per heavy atom. The predicted molar refractivity (Wildman–Crippen MR) is 80.8 cm³/mol. The molecular weight excluding hydrogens is 238 g/mol. The Kier molecular flexibility index (Phi) is 10.7. The van der Waals surface area contributed by atoms with Crippen LogP contribution in [0.2, 0.25) is 0 Å². The highest BCUT2D eigenvalue weighted by atomic mass is 16.5. The summed E-state index contributed by atoms with van der Waals surface area (Å²) in [6.45, 7) is 8.26. The van der Waals surface area contributed by atoms with Gasteiger partial charge in [0.15, 0.2) is 0 Å². The van der Waals surface area contributed by atoms with E-state index in [-0.39, 0.29) is 5.91 Å². The van der Waals surface area contributed by atoms with Crippen LogP contribution in [-0.2, 0) is 9.53 Å². The molecule has 0 rings (SSSR count). The monoisotopic (exact) mass is 265 g/mol. The first-order valence-electron chi connectivity index (χ1n) is 6.93. The Morgan fingerprint density at radius 2 is 2.11 bits per heavy atom. The third kappa shape index (κ3) is 10.1. The third-order valence-electron chi connectivity index (χ3n) is 2.83. The van der Waals surface area contributed by atoms with Crippen molar-refractivity contribution in [3.63, 3.8) is 0 Å². The number of ether oxygens (including phenoxy) is 1. The van der Waals surface area contributed by atoms with Crippen LogP contribution in [0.15, 0.2) is 36.1 Å². The van der Waals surface area contributed by atoms with Gasteiger partial charge >= 0.3 is 0 Å². The number of methoxy groups -OCH3 is 1. The summed E-state index contributed by atoms with van der Waals surface area (Å²) in [7, 11) is 1.61. The van der Waals surface area contributed by atoms with Gasteiger partial charge in [-0.3, -0.25) is 4.79 Å². The van der Waals surface area contributed by atoms with Crippen molar-refractivity contribution in [2.24, 2.45) is 0 Å². The minimum atomic E-state index is -0.0477. The summed E-state index contributed by atoms with van der Waals surface area (Å²) in [5, 5.41) is 2.82. The number of unbranched alkanes of at least 4 members (excludes halogenated alkanes) is 2. The zero-order valence-corrected chi connectivity index (χ0v) is 12.5. The van der Waals surface area contributed by atoms with Gasteiger partial charge in [-0.2, -0.15) is 0 Å². The van der Waals surface area contributed by atoms with Crippen molar-refractivity contribution in [3.05, 3.63) is 36.1 Å². The predicted octanol–water partition coefficient (Wildman–Crippen LogP) is 3.74. The lowest BCUT2D eigenvalue weighted by Gasteiger charge is -2.05. The van der Waals surface area contributed by atoms with Crippen LogP contribution in [-0.4, -0.2) is 19.6 Å². The topological polar surface area (TPSA) is 38.3 Å². The van der Waals surface area contributed by atoms with Gasteiger partial charge in [0.05, 0.1) is 12.9 Å². The van der Waals surface area contributed by atoms with Crippen molar-refractivity contribution >= 4 is 5.91 Å². The normalized spacial score (nSPS) is 12.2. The molecule has 0 atom stereocenters. The van der Waals surface area contributed by atoms with E-state index in [0.29, 0.717) is 6.54 Å². The lowest BCUT2D eigenvalue weighted by Crippen LogP contribution is -2.21. The van der Waals surface area contributed by atoms with E-state index in [4.69, 9.17) is 4.74 Å². The summed E-state index contributed by atoms with van der Waals surface area (Å²) < 4.78 is 5.00. The van der Waals surface area contributed by atoms with Gasteiger partial charge in [-0.15, -0.1) is 6.58 Å². The van der Waals surface area contributed by atoms with Gasteiger partial charge in [-0.1, -0.05) is 31.4 Å². The molecule has 3 nitrogen and oxygen atoms in total. The molecule has 0 aliphatic rings. The Labute approximate surface area is 117 Å². The van der Waals surface area contributed by atoms with Gasteiger partial charge in [-0.05, 0) is 32.3 Å². The van der Waals surface area contributed by atoms with Crippen LogP contribution >= 0.6 is 0 Å². The maximum absolute atomic E-state index is 11.7. The number of rotatable bonds is 10. The van der Waals surface area contributed by atoms with Gasteiger partial charge in [0.1, 0.15) is 0 Å². The van der Waals surface area contributed by atoms with Crippen molar-refractivity contribution < 1.29 is 9.53 Å². The van der Waals surface area contributed by atoms with Crippen molar-refractivity contribution in [3.8, 4) is 0 Å². The van der Waals surface area contributed by atoms with Gasteiger partial charge in [0.25, 0.3) is 0 Å². The van der Waals surface area contributed by atoms with Crippen molar-refractivity contribution in [2.45, 2.75) is 46.0 Å². The molecule has 0 saturated carbocycles. The van der Waals surface area contributed by atoms with E-state index in [0.717, 1.165) is 30.6 Å². The summed E-state index contributed by atoms with van der Waals surface area (Å²) in [6, 6.07) is 0. The highest BCUT2D eigenvalue weighted by molar-refractivity contribution is 5.88. The summed E-state index contributed by atoms with van der Waals surface area (Å²) >= 11 is 0. The number of allylic oxidation sites excluding steroid dienone is 3. The van der Waals surface area contributed by atoms with E-state index < -0.39 is 0 Å². The average Bonchev–Trinajstić information content (AvgIpc) is 2.39. The molecule has 0 heterocycles. The van der Waals surface area contributed by atoms with E-state index in [1.807, 2.05) is 19.1 Å². The molecular formula is C16H27NO2. The summed E-state index contributed by atoms with van der Waals surface area (Å²) in [5.41, 5.74) is 1.15. The molecule has 0 radical (unpaired) electrons. The molecule has 0 saturated heterocycles. The zero-order valence-electron chi connectivity index (χ0n) is 12.5. The molecule has 0 aromatic heterocycles. The fourth-order valence-corrected chi connectivity index (χ4v) is 1.64. The highest BCUT2D eigenvalue weighted by Crippen LogP contribution is 2.12. The number of nitrogens with one attached hydrogen (secondary N) is 1. The molecule has 0 aromatic carbocycles. The molecule has 0 spiro atoms. The molecule has 0 aliphatic carbocycles. The number of hydrogen-bond donors (Lipinski definition) is 1. The van der Waals surface area contributed by atoms with Crippen LogP contribution in [0, 0.1) is 0 Å². The molecule has 0 aromatic rings. The first-order valence-corrected chi connectivity index (χ1v) is 6.93. The van der Waals surface area contributed by atoms with Gasteiger partial charge < -0.3 is 10.1 Å². The Balaban J connectivity index is 4.23. The lowest BCUT2D eigenvalue weighted by atomic mass is 10.0. The van der Waals surface area contributed by atoms with Crippen LogP contribution in [0.5, 0.6) is 0 Å². The molecule has 0 bridgehead atoms. The summed E-state index contributed by atoms with van der Waals surface area (Å²) in [4.78, 5) is 11.7. The second-order valence-corrected chi connectivity index (χ2v) is 4.52. The van der Waals surface area contributed by atoms with Crippen LogP contribution in [0.4, 0.5) is 0 Å². The molecule has 0 unspecified atom stereocenters. The number of hydrogen-bond acceptors (Lipinski definition) is 2. The average molecular weight is 265 g/mol. The number of amides is 1.